The molecule has 0 aromatic carbocycles. The molecule has 0 bridgehead atoms. The van der Waals surface area contributed by atoms with Crippen LogP contribution < -0.4 is 11.0 Å². The van der Waals surface area contributed by atoms with Crippen molar-refractivity contribution < 1.29 is 5.21 Å². The van der Waals surface area contributed by atoms with Crippen LogP contribution in [0.5, 0.6) is 0 Å². The molecule has 1 aromatic rings. The molecule has 13 heavy (non-hydrogen) atoms. The van der Waals surface area contributed by atoms with Crippen LogP contribution in [0.2, 0.25) is 0 Å². The normalized spacial score (nSPS) is 12.9. The molecule has 0 saturated heterocycles. The first-order chi connectivity index (χ1) is 6.06. The van der Waals surface area contributed by atoms with E-state index in [2.05, 4.69) is 9.97 Å². The van der Waals surface area contributed by atoms with E-state index < -0.39 is 6.04 Å². The van der Waals surface area contributed by atoms with Crippen LogP contribution in [0.3, 0.4) is 0 Å². The fraction of sp³-hybridized carbons (Fsp3) is 0.500. The largest absolute Gasteiger partial charge is 0.316 e. The van der Waals surface area contributed by atoms with E-state index >= 15 is 0 Å². The summed E-state index contributed by atoms with van der Waals surface area (Å²) in [6.45, 7) is 5.15. The Morgan fingerprint density at radius 1 is 1.54 bits per heavy atom. The molecule has 0 aliphatic carbocycles. The highest BCUT2D eigenvalue weighted by Gasteiger charge is 2.12. The van der Waals surface area contributed by atoms with Crippen LogP contribution in [-0.2, 0) is 0 Å². The molecule has 5 nitrogen and oxygen atoms in total. The van der Waals surface area contributed by atoms with Gasteiger partial charge in [-0.25, -0.2) is 4.98 Å². The Balaban J connectivity index is 3.29. The van der Waals surface area contributed by atoms with Crippen molar-refractivity contribution in [3.63, 3.8) is 0 Å². The number of nitrogens with one attached hydrogen (secondary N) is 2. The third kappa shape index (κ3) is 1.93. The van der Waals surface area contributed by atoms with Crippen LogP contribution in [0, 0.1) is 13.8 Å². The molecule has 0 radical (unpaired) electrons. The van der Waals surface area contributed by atoms with Gasteiger partial charge in [-0.2, -0.15) is 5.48 Å². The van der Waals surface area contributed by atoms with Gasteiger partial charge in [0.15, 0.2) is 0 Å². The summed E-state index contributed by atoms with van der Waals surface area (Å²) in [6.07, 6.45) is 0. The van der Waals surface area contributed by atoms with Crippen molar-refractivity contribution in [1.82, 2.24) is 15.4 Å². The van der Waals surface area contributed by atoms with Crippen LogP contribution in [0.4, 0.5) is 0 Å². The van der Waals surface area contributed by atoms with Crippen molar-refractivity contribution in [1.29, 1.82) is 0 Å². The average molecular weight is 183 g/mol. The minimum Gasteiger partial charge on any atom is -0.316 e. The van der Waals surface area contributed by atoms with E-state index in [1.54, 1.807) is 20.8 Å². The summed E-state index contributed by atoms with van der Waals surface area (Å²) < 4.78 is 0. The highest BCUT2D eigenvalue weighted by molar-refractivity contribution is 5.19. The maximum absolute atomic E-state index is 11.4. The second-order valence-corrected chi connectivity index (χ2v) is 3.00. The van der Waals surface area contributed by atoms with Crippen molar-refractivity contribution >= 4 is 0 Å². The van der Waals surface area contributed by atoms with Crippen molar-refractivity contribution in [3.8, 4) is 0 Å². The van der Waals surface area contributed by atoms with Crippen molar-refractivity contribution in [3.05, 3.63) is 27.4 Å². The van der Waals surface area contributed by atoms with Gasteiger partial charge in [0.2, 0.25) is 0 Å². The molecule has 72 valence electrons. The molecule has 1 rings (SSSR count). The van der Waals surface area contributed by atoms with Gasteiger partial charge < -0.3 is 10.2 Å². The van der Waals surface area contributed by atoms with Gasteiger partial charge in [-0.3, -0.25) is 4.79 Å². The topological polar surface area (TPSA) is 78.0 Å². The molecule has 1 aromatic heterocycles. The molecule has 0 aliphatic rings. The van der Waals surface area contributed by atoms with Crippen LogP contribution in [0.15, 0.2) is 4.79 Å². The first-order valence-electron chi connectivity index (χ1n) is 4.03. The van der Waals surface area contributed by atoms with Crippen molar-refractivity contribution in [2.75, 3.05) is 0 Å². The second-order valence-electron chi connectivity index (χ2n) is 3.00. The Bertz CT molecular complexity index is 359. The third-order valence-corrected chi connectivity index (χ3v) is 1.89. The Kier molecular flexibility index (Phi) is 2.79. The molecule has 1 heterocycles. The number of hydrogen-bond donors (Lipinski definition) is 3. The number of nitrogens with zero attached hydrogens (tertiary/aromatic N) is 1. The first-order valence-corrected chi connectivity index (χ1v) is 4.03. The lowest BCUT2D eigenvalue weighted by Crippen LogP contribution is -2.26. The Hall–Kier alpha value is -1.20. The molecule has 0 saturated carbocycles. The Labute approximate surface area is 75.8 Å². The highest BCUT2D eigenvalue weighted by Crippen LogP contribution is 2.09. The lowest BCUT2D eigenvalue weighted by molar-refractivity contribution is 0.132. The number of aryl methyl sites for hydroxylation is 2. The fourth-order valence-electron chi connectivity index (χ4n) is 1.31. The summed E-state index contributed by atoms with van der Waals surface area (Å²) in [4.78, 5) is 18.1. The van der Waals surface area contributed by atoms with Gasteiger partial charge in [0, 0.05) is 5.69 Å². The van der Waals surface area contributed by atoms with Crippen LogP contribution in [-0.4, -0.2) is 15.2 Å². The summed E-state index contributed by atoms with van der Waals surface area (Å²) in [5.74, 6) is 0.580. The fourth-order valence-corrected chi connectivity index (χ4v) is 1.31. The predicted octanol–water partition coefficient (Wildman–Crippen LogP) is 0.427. The lowest BCUT2D eigenvalue weighted by atomic mass is 10.1. The number of hydroxylamine groups is 1. The Morgan fingerprint density at radius 3 is 2.62 bits per heavy atom. The van der Waals surface area contributed by atoms with Gasteiger partial charge in [0.25, 0.3) is 5.56 Å². The summed E-state index contributed by atoms with van der Waals surface area (Å²) in [7, 11) is 0. The van der Waals surface area contributed by atoms with E-state index in [1.165, 1.54) is 0 Å². The minimum absolute atomic E-state index is 0.209. The Morgan fingerprint density at radius 2 is 2.15 bits per heavy atom. The smallest absolute Gasteiger partial charge is 0.255 e. The van der Waals surface area contributed by atoms with Gasteiger partial charge in [-0.05, 0) is 20.8 Å². The van der Waals surface area contributed by atoms with E-state index in [0.29, 0.717) is 17.1 Å². The first kappa shape index (κ1) is 9.88. The van der Waals surface area contributed by atoms with Crippen molar-refractivity contribution in [2.45, 2.75) is 26.8 Å². The molecule has 5 heteroatoms. The maximum Gasteiger partial charge on any atom is 0.255 e. The summed E-state index contributed by atoms with van der Waals surface area (Å²) in [5.41, 5.74) is 2.91. The summed E-state index contributed by atoms with van der Waals surface area (Å²) in [5, 5.41) is 8.68. The van der Waals surface area contributed by atoms with E-state index in [1.807, 2.05) is 5.48 Å². The van der Waals surface area contributed by atoms with Gasteiger partial charge in [0.1, 0.15) is 5.82 Å². The highest BCUT2D eigenvalue weighted by atomic mass is 16.5. The van der Waals surface area contributed by atoms with E-state index in [4.69, 9.17) is 5.21 Å². The molecule has 0 spiro atoms. The zero-order chi connectivity index (χ0) is 10.0. The molecule has 0 amide bonds. The molecular formula is C8H13N3O2. The van der Waals surface area contributed by atoms with E-state index in [-0.39, 0.29) is 5.56 Å². The molecule has 1 atom stereocenters. The summed E-state index contributed by atoms with van der Waals surface area (Å²) >= 11 is 0. The lowest BCUT2D eigenvalue weighted by Gasteiger charge is -2.10. The monoisotopic (exact) mass is 183 g/mol. The number of H-pyrrole nitrogens is 1. The standard InChI is InChI=1S/C8H13N3O2/c1-4-7(5(2)11-13)8(12)10-6(3)9-4/h5,11,13H,1-3H3,(H,9,10,12). The molecule has 0 fully saturated rings. The SMILES string of the molecule is Cc1nc(C)c(C(C)NO)c(=O)[nH]1. The van der Waals surface area contributed by atoms with Gasteiger partial charge in [-0.1, -0.05) is 0 Å². The zero-order valence-electron chi connectivity index (χ0n) is 7.88. The van der Waals surface area contributed by atoms with Gasteiger partial charge >= 0.3 is 0 Å². The number of aromatic nitrogens is 2. The second kappa shape index (κ2) is 3.68. The number of hydrogen-bond acceptors (Lipinski definition) is 4. The predicted molar refractivity (Wildman–Crippen MR) is 47.7 cm³/mol. The summed E-state index contributed by atoms with van der Waals surface area (Å²) in [6, 6.07) is -0.406. The van der Waals surface area contributed by atoms with Gasteiger partial charge in [0.05, 0.1) is 11.6 Å². The van der Waals surface area contributed by atoms with Gasteiger partial charge in [-0.15, -0.1) is 0 Å². The molecule has 3 N–H and O–H groups in total. The zero-order valence-corrected chi connectivity index (χ0v) is 7.88. The molecule has 1 unspecified atom stereocenters. The van der Waals surface area contributed by atoms with Crippen molar-refractivity contribution in [2.24, 2.45) is 0 Å². The third-order valence-electron chi connectivity index (χ3n) is 1.89. The minimum atomic E-state index is -0.406. The maximum atomic E-state index is 11.4. The van der Waals surface area contributed by atoms with E-state index in [0.717, 1.165) is 0 Å². The number of aromatic amines is 1. The van der Waals surface area contributed by atoms with Crippen LogP contribution in [0.1, 0.15) is 30.0 Å². The number of rotatable bonds is 2. The molecule has 0 aliphatic heterocycles. The van der Waals surface area contributed by atoms with E-state index in [9.17, 15) is 4.79 Å². The average Bonchev–Trinajstić information content (AvgIpc) is 2.02. The molecular weight excluding hydrogens is 170 g/mol. The quantitative estimate of drug-likeness (QED) is 0.581. The van der Waals surface area contributed by atoms with Crippen LogP contribution in [0.25, 0.3) is 0 Å². The van der Waals surface area contributed by atoms with Crippen LogP contribution >= 0.6 is 0 Å².